The largest absolute Gasteiger partial charge is 0.0732 e. The van der Waals surface area contributed by atoms with E-state index >= 15 is 0 Å². The molecule has 1 aromatic carbocycles. The second-order valence-electron chi connectivity index (χ2n) is 3.89. The second kappa shape index (κ2) is 2.98. The van der Waals surface area contributed by atoms with E-state index < -0.39 is 0 Å². The summed E-state index contributed by atoms with van der Waals surface area (Å²) in [6.45, 7) is 0. The highest BCUT2D eigenvalue weighted by molar-refractivity contribution is 5.48. The van der Waals surface area contributed by atoms with Gasteiger partial charge in [-0.25, -0.2) is 0 Å². The Morgan fingerprint density at radius 1 is 1.07 bits per heavy atom. The van der Waals surface area contributed by atoms with E-state index in [-0.39, 0.29) is 0 Å². The van der Waals surface area contributed by atoms with Crippen molar-refractivity contribution in [2.45, 2.75) is 12.3 Å². The molecule has 0 aliphatic heterocycles. The molecule has 68 valence electrons. The summed E-state index contributed by atoms with van der Waals surface area (Å²) >= 11 is 0. The maximum Gasteiger partial charge on any atom is 0.0210 e. The van der Waals surface area contributed by atoms with Gasteiger partial charge in [-0.05, 0) is 23.1 Å². The third-order valence-electron chi connectivity index (χ3n) is 2.94. The summed E-state index contributed by atoms with van der Waals surface area (Å²) in [6, 6.07) is 8.74. The summed E-state index contributed by atoms with van der Waals surface area (Å²) in [7, 11) is 0. The van der Waals surface area contributed by atoms with Crippen molar-refractivity contribution in [1.82, 2.24) is 0 Å². The topological polar surface area (TPSA) is 0 Å². The van der Waals surface area contributed by atoms with Crippen LogP contribution in [0.2, 0.25) is 0 Å². The molecule has 0 spiro atoms. The minimum atomic E-state index is 0.491. The van der Waals surface area contributed by atoms with Gasteiger partial charge in [-0.3, -0.25) is 0 Å². The summed E-state index contributed by atoms with van der Waals surface area (Å²) in [6.07, 6.45) is 12.2. The van der Waals surface area contributed by atoms with Crippen LogP contribution >= 0.6 is 0 Å². The summed E-state index contributed by atoms with van der Waals surface area (Å²) < 4.78 is 0. The molecule has 14 heavy (non-hydrogen) atoms. The molecule has 3 rings (SSSR count). The molecule has 1 aromatic rings. The highest BCUT2D eigenvalue weighted by Crippen LogP contribution is 2.32. The van der Waals surface area contributed by atoms with Gasteiger partial charge in [0.25, 0.3) is 0 Å². The van der Waals surface area contributed by atoms with Crippen LogP contribution < -0.4 is 0 Å². The zero-order chi connectivity index (χ0) is 9.38. The van der Waals surface area contributed by atoms with Crippen LogP contribution in [-0.2, 0) is 6.42 Å². The van der Waals surface area contributed by atoms with Crippen molar-refractivity contribution in [2.75, 3.05) is 0 Å². The summed E-state index contributed by atoms with van der Waals surface area (Å²) in [5.74, 6) is 0.491. The van der Waals surface area contributed by atoms with Gasteiger partial charge in [0.2, 0.25) is 0 Å². The van der Waals surface area contributed by atoms with Crippen LogP contribution in [0.25, 0.3) is 0 Å². The predicted octanol–water partition coefficient (Wildman–Crippen LogP) is 3.38. The van der Waals surface area contributed by atoms with Crippen molar-refractivity contribution in [1.29, 1.82) is 0 Å². The van der Waals surface area contributed by atoms with Gasteiger partial charge in [0.05, 0.1) is 0 Å². The molecule has 0 heteroatoms. The maximum atomic E-state index is 2.36. The van der Waals surface area contributed by atoms with E-state index in [1.165, 1.54) is 16.7 Å². The molecule has 0 radical (unpaired) electrons. The summed E-state index contributed by atoms with van der Waals surface area (Å²) in [5.41, 5.74) is 4.39. The lowest BCUT2D eigenvalue weighted by Crippen LogP contribution is -2.05. The minimum Gasteiger partial charge on any atom is -0.0732 e. The van der Waals surface area contributed by atoms with Crippen LogP contribution in [-0.4, -0.2) is 0 Å². The van der Waals surface area contributed by atoms with E-state index in [0.717, 1.165) is 6.42 Å². The molecule has 0 nitrogen and oxygen atoms in total. The second-order valence-corrected chi connectivity index (χ2v) is 3.89. The van der Waals surface area contributed by atoms with Crippen molar-refractivity contribution in [3.05, 3.63) is 71.3 Å². The SMILES string of the molecule is C1=CC2=CC(C=C1)c1ccccc1C2. The van der Waals surface area contributed by atoms with Crippen LogP contribution in [0.4, 0.5) is 0 Å². The molecule has 2 bridgehead atoms. The molecule has 0 aromatic heterocycles. The lowest BCUT2D eigenvalue weighted by molar-refractivity contribution is 0.967. The molecule has 0 N–H and O–H groups in total. The van der Waals surface area contributed by atoms with Gasteiger partial charge in [0.15, 0.2) is 0 Å². The van der Waals surface area contributed by atoms with Crippen LogP contribution in [0.1, 0.15) is 17.0 Å². The summed E-state index contributed by atoms with van der Waals surface area (Å²) in [4.78, 5) is 0. The Morgan fingerprint density at radius 3 is 3.00 bits per heavy atom. The minimum absolute atomic E-state index is 0.491. The standard InChI is InChI=1S/C14H12/c1-2-6-12-9-11(5-1)10-13-7-3-4-8-14(12)13/h1-9,12H,10H2. The fraction of sp³-hybridized carbons (Fsp3) is 0.143. The van der Waals surface area contributed by atoms with Gasteiger partial charge in [-0.15, -0.1) is 0 Å². The molecule has 2 aliphatic carbocycles. The van der Waals surface area contributed by atoms with E-state index in [9.17, 15) is 0 Å². The van der Waals surface area contributed by atoms with Crippen molar-refractivity contribution in [3.63, 3.8) is 0 Å². The van der Waals surface area contributed by atoms with E-state index in [0.29, 0.717) is 5.92 Å². The van der Waals surface area contributed by atoms with E-state index in [2.05, 4.69) is 54.6 Å². The number of rotatable bonds is 0. The molecule has 0 saturated heterocycles. The molecule has 1 atom stereocenters. The number of fused-ring (bicyclic) bond motifs is 3. The van der Waals surface area contributed by atoms with Crippen LogP contribution in [0.15, 0.2) is 60.2 Å². The highest BCUT2D eigenvalue weighted by atomic mass is 14.2. The van der Waals surface area contributed by atoms with Crippen LogP contribution in [0.5, 0.6) is 0 Å². The Bertz CT molecular complexity index is 447. The van der Waals surface area contributed by atoms with Crippen LogP contribution in [0.3, 0.4) is 0 Å². The Hall–Kier alpha value is -1.56. The molecule has 0 saturated carbocycles. The average Bonchev–Trinajstić information content (AvgIpc) is 2.41. The number of benzene rings is 1. The van der Waals surface area contributed by atoms with E-state index in [1.807, 2.05) is 0 Å². The summed E-state index contributed by atoms with van der Waals surface area (Å²) in [5, 5.41) is 0. The monoisotopic (exact) mass is 180 g/mol. The lowest BCUT2D eigenvalue weighted by Gasteiger charge is -2.20. The normalized spacial score (nSPS) is 22.6. The third kappa shape index (κ3) is 1.15. The van der Waals surface area contributed by atoms with Crippen molar-refractivity contribution in [3.8, 4) is 0 Å². The smallest absolute Gasteiger partial charge is 0.0210 e. The third-order valence-corrected chi connectivity index (χ3v) is 2.94. The number of hydrogen-bond donors (Lipinski definition) is 0. The molecule has 0 heterocycles. The Labute approximate surface area is 84.3 Å². The zero-order valence-corrected chi connectivity index (χ0v) is 7.98. The Balaban J connectivity index is 2.17. The van der Waals surface area contributed by atoms with Gasteiger partial charge in [0, 0.05) is 5.92 Å². The number of hydrogen-bond acceptors (Lipinski definition) is 0. The first-order valence-corrected chi connectivity index (χ1v) is 5.07. The van der Waals surface area contributed by atoms with Gasteiger partial charge in [-0.2, -0.15) is 0 Å². The Morgan fingerprint density at radius 2 is 2.00 bits per heavy atom. The molecule has 2 aliphatic rings. The van der Waals surface area contributed by atoms with Gasteiger partial charge in [-0.1, -0.05) is 54.6 Å². The first-order valence-electron chi connectivity index (χ1n) is 5.07. The van der Waals surface area contributed by atoms with Crippen molar-refractivity contribution in [2.24, 2.45) is 0 Å². The van der Waals surface area contributed by atoms with Crippen molar-refractivity contribution >= 4 is 0 Å². The van der Waals surface area contributed by atoms with E-state index in [1.54, 1.807) is 0 Å². The predicted molar refractivity (Wildman–Crippen MR) is 59.3 cm³/mol. The van der Waals surface area contributed by atoms with Gasteiger partial charge < -0.3 is 0 Å². The van der Waals surface area contributed by atoms with Crippen LogP contribution in [0, 0.1) is 0 Å². The molecule has 0 amide bonds. The first-order chi connectivity index (χ1) is 6.93. The zero-order valence-electron chi connectivity index (χ0n) is 7.98. The molecule has 0 fully saturated rings. The van der Waals surface area contributed by atoms with Gasteiger partial charge in [0.1, 0.15) is 0 Å². The fourth-order valence-corrected chi connectivity index (χ4v) is 2.26. The maximum absolute atomic E-state index is 2.36. The molecule has 1 unspecified atom stereocenters. The quantitative estimate of drug-likeness (QED) is 0.574. The lowest BCUT2D eigenvalue weighted by atomic mass is 9.85. The van der Waals surface area contributed by atoms with E-state index in [4.69, 9.17) is 0 Å². The Kier molecular flexibility index (Phi) is 1.66. The average molecular weight is 180 g/mol. The number of allylic oxidation sites excluding steroid dienone is 6. The van der Waals surface area contributed by atoms with Crippen molar-refractivity contribution < 1.29 is 0 Å². The fourth-order valence-electron chi connectivity index (χ4n) is 2.26. The van der Waals surface area contributed by atoms with Gasteiger partial charge >= 0.3 is 0 Å². The molecular formula is C14H12. The first kappa shape index (κ1) is 7.81. The highest BCUT2D eigenvalue weighted by Gasteiger charge is 2.16. The molecular weight excluding hydrogens is 168 g/mol.